The number of hydrazine groups is 1. The monoisotopic (exact) mass is 291 g/mol. The van der Waals surface area contributed by atoms with Gasteiger partial charge in [0.1, 0.15) is 10.7 Å². The summed E-state index contributed by atoms with van der Waals surface area (Å²) in [6, 6.07) is 2.00. The average Bonchev–Trinajstić information content (AvgIpc) is 2.84. The van der Waals surface area contributed by atoms with E-state index in [2.05, 4.69) is 34.1 Å². The molecule has 2 aromatic rings. The minimum atomic E-state index is 0.726. The molecule has 0 saturated carbocycles. The largest absolute Gasteiger partial charge is 0.308 e. The minimum Gasteiger partial charge on any atom is -0.308 e. The molecule has 1 saturated heterocycles. The van der Waals surface area contributed by atoms with Crippen LogP contribution >= 0.6 is 11.3 Å². The first-order valence-electron chi connectivity index (χ1n) is 7.08. The lowest BCUT2D eigenvalue weighted by Gasteiger charge is -2.34. The molecule has 0 amide bonds. The van der Waals surface area contributed by atoms with E-state index in [4.69, 9.17) is 5.84 Å². The second kappa shape index (κ2) is 5.63. The molecular formula is C14H21N5S. The number of nitrogen functional groups attached to an aromatic ring is 1. The van der Waals surface area contributed by atoms with E-state index in [1.54, 1.807) is 11.3 Å². The van der Waals surface area contributed by atoms with Gasteiger partial charge in [0.05, 0.1) is 11.9 Å². The van der Waals surface area contributed by atoms with Gasteiger partial charge in [-0.05, 0) is 29.7 Å². The summed E-state index contributed by atoms with van der Waals surface area (Å²) in [4.78, 5) is 12.7. The first-order valence-corrected chi connectivity index (χ1v) is 7.96. The molecule has 20 heavy (non-hydrogen) atoms. The standard InChI is InChI=1S/C14H21N5S/c1-9-5-10(2)7-19(6-9)8-12-16-13(18-15)11-3-4-20-14(11)17-12/h3-4,9-10H,5-8,15H2,1-2H3,(H,16,17,18). The summed E-state index contributed by atoms with van der Waals surface area (Å²) >= 11 is 1.63. The molecule has 2 aromatic heterocycles. The molecule has 0 radical (unpaired) electrons. The summed E-state index contributed by atoms with van der Waals surface area (Å²) in [5.74, 6) is 8.65. The fourth-order valence-corrected chi connectivity index (χ4v) is 3.98. The molecule has 3 N–H and O–H groups in total. The Bertz CT molecular complexity index is 586. The number of nitrogens with one attached hydrogen (secondary N) is 1. The summed E-state index contributed by atoms with van der Waals surface area (Å²) in [5.41, 5.74) is 2.69. The Morgan fingerprint density at radius 1 is 1.35 bits per heavy atom. The highest BCUT2D eigenvalue weighted by Crippen LogP contribution is 2.26. The van der Waals surface area contributed by atoms with E-state index < -0.39 is 0 Å². The SMILES string of the molecule is CC1CC(C)CN(Cc2nc(NN)c3ccsc3n2)C1. The van der Waals surface area contributed by atoms with Gasteiger partial charge in [-0.3, -0.25) is 4.90 Å². The van der Waals surface area contributed by atoms with Gasteiger partial charge in [-0.2, -0.15) is 0 Å². The average molecular weight is 291 g/mol. The quantitative estimate of drug-likeness (QED) is 0.671. The molecule has 0 bridgehead atoms. The number of thiophene rings is 1. The molecule has 3 heterocycles. The number of nitrogens with two attached hydrogens (primary N) is 1. The summed E-state index contributed by atoms with van der Waals surface area (Å²) in [6.07, 6.45) is 1.32. The Labute approximate surface area is 123 Å². The lowest BCUT2D eigenvalue weighted by molar-refractivity contribution is 0.131. The van der Waals surface area contributed by atoms with Gasteiger partial charge in [-0.15, -0.1) is 11.3 Å². The van der Waals surface area contributed by atoms with Gasteiger partial charge in [-0.25, -0.2) is 15.8 Å². The Morgan fingerprint density at radius 2 is 2.10 bits per heavy atom. The van der Waals surface area contributed by atoms with Crippen LogP contribution in [0.25, 0.3) is 10.2 Å². The highest BCUT2D eigenvalue weighted by Gasteiger charge is 2.22. The molecule has 0 spiro atoms. The third-order valence-electron chi connectivity index (χ3n) is 3.82. The van der Waals surface area contributed by atoms with Gasteiger partial charge in [0, 0.05) is 13.1 Å². The van der Waals surface area contributed by atoms with Crippen molar-refractivity contribution in [2.24, 2.45) is 17.7 Å². The zero-order valence-electron chi connectivity index (χ0n) is 12.0. The molecule has 0 aliphatic carbocycles. The second-order valence-electron chi connectivity index (χ2n) is 5.91. The number of fused-ring (bicyclic) bond motifs is 1. The molecule has 2 unspecified atom stereocenters. The summed E-state index contributed by atoms with van der Waals surface area (Å²) in [6.45, 7) is 7.69. The van der Waals surface area contributed by atoms with Gasteiger partial charge in [0.25, 0.3) is 0 Å². The topological polar surface area (TPSA) is 67.1 Å². The van der Waals surface area contributed by atoms with Gasteiger partial charge < -0.3 is 5.43 Å². The molecule has 1 aliphatic rings. The Morgan fingerprint density at radius 3 is 2.80 bits per heavy atom. The van der Waals surface area contributed by atoms with E-state index in [-0.39, 0.29) is 0 Å². The normalized spacial score (nSPS) is 24.1. The molecule has 6 heteroatoms. The second-order valence-corrected chi connectivity index (χ2v) is 6.81. The smallest absolute Gasteiger partial charge is 0.152 e. The van der Waals surface area contributed by atoms with Crippen LogP contribution in [-0.4, -0.2) is 28.0 Å². The number of anilines is 1. The molecule has 2 atom stereocenters. The maximum Gasteiger partial charge on any atom is 0.152 e. The Hall–Kier alpha value is -1.24. The van der Waals surface area contributed by atoms with Crippen LogP contribution in [0.1, 0.15) is 26.1 Å². The lowest BCUT2D eigenvalue weighted by Crippen LogP contribution is -2.38. The Kier molecular flexibility index (Phi) is 3.87. The van der Waals surface area contributed by atoms with E-state index in [1.165, 1.54) is 6.42 Å². The van der Waals surface area contributed by atoms with Crippen molar-refractivity contribution in [1.82, 2.24) is 14.9 Å². The highest BCUT2D eigenvalue weighted by atomic mass is 32.1. The van der Waals surface area contributed by atoms with Crippen LogP contribution in [0.2, 0.25) is 0 Å². The third-order valence-corrected chi connectivity index (χ3v) is 4.62. The maximum absolute atomic E-state index is 5.57. The van der Waals surface area contributed by atoms with Crippen molar-refractivity contribution < 1.29 is 0 Å². The number of likely N-dealkylation sites (tertiary alicyclic amines) is 1. The van der Waals surface area contributed by atoms with Crippen molar-refractivity contribution in [2.45, 2.75) is 26.8 Å². The molecule has 108 valence electrons. The molecule has 1 fully saturated rings. The van der Waals surface area contributed by atoms with Gasteiger partial charge in [0.2, 0.25) is 0 Å². The van der Waals surface area contributed by atoms with E-state index >= 15 is 0 Å². The molecule has 5 nitrogen and oxygen atoms in total. The lowest BCUT2D eigenvalue weighted by atomic mass is 9.92. The van der Waals surface area contributed by atoms with Crippen molar-refractivity contribution in [2.75, 3.05) is 18.5 Å². The summed E-state index contributed by atoms with van der Waals surface area (Å²) < 4.78 is 0. The maximum atomic E-state index is 5.57. The minimum absolute atomic E-state index is 0.726. The fraction of sp³-hybridized carbons (Fsp3) is 0.571. The van der Waals surface area contributed by atoms with Gasteiger partial charge >= 0.3 is 0 Å². The highest BCUT2D eigenvalue weighted by molar-refractivity contribution is 7.16. The van der Waals surface area contributed by atoms with Crippen molar-refractivity contribution in [3.63, 3.8) is 0 Å². The van der Waals surface area contributed by atoms with Crippen LogP contribution in [-0.2, 0) is 6.54 Å². The first kappa shape index (κ1) is 13.7. The van der Waals surface area contributed by atoms with E-state index in [1.807, 2.05) is 11.4 Å². The molecule has 0 aromatic carbocycles. The predicted molar refractivity (Wildman–Crippen MR) is 83.4 cm³/mol. The van der Waals surface area contributed by atoms with E-state index in [0.717, 1.165) is 53.3 Å². The zero-order chi connectivity index (χ0) is 14.1. The predicted octanol–water partition coefficient (Wildman–Crippen LogP) is 2.45. The number of rotatable bonds is 3. The van der Waals surface area contributed by atoms with Crippen LogP contribution in [0.3, 0.4) is 0 Å². The number of aromatic nitrogens is 2. The van der Waals surface area contributed by atoms with E-state index in [9.17, 15) is 0 Å². The Balaban J connectivity index is 1.83. The van der Waals surface area contributed by atoms with Crippen LogP contribution in [0.15, 0.2) is 11.4 Å². The van der Waals surface area contributed by atoms with Crippen LogP contribution in [0.5, 0.6) is 0 Å². The summed E-state index contributed by atoms with van der Waals surface area (Å²) in [5, 5.41) is 3.02. The van der Waals surface area contributed by atoms with Gasteiger partial charge in [0.15, 0.2) is 5.82 Å². The van der Waals surface area contributed by atoms with Crippen LogP contribution in [0, 0.1) is 11.8 Å². The number of nitrogens with zero attached hydrogens (tertiary/aromatic N) is 3. The van der Waals surface area contributed by atoms with Crippen LogP contribution in [0.4, 0.5) is 5.82 Å². The summed E-state index contributed by atoms with van der Waals surface area (Å²) in [7, 11) is 0. The van der Waals surface area contributed by atoms with Crippen molar-refractivity contribution in [3.05, 3.63) is 17.3 Å². The van der Waals surface area contributed by atoms with Crippen molar-refractivity contribution in [1.29, 1.82) is 0 Å². The molecule has 1 aliphatic heterocycles. The number of hydrogen-bond acceptors (Lipinski definition) is 6. The number of piperidine rings is 1. The molecular weight excluding hydrogens is 270 g/mol. The zero-order valence-corrected chi connectivity index (χ0v) is 12.8. The van der Waals surface area contributed by atoms with Crippen LogP contribution < -0.4 is 11.3 Å². The first-order chi connectivity index (χ1) is 9.65. The van der Waals surface area contributed by atoms with Gasteiger partial charge in [-0.1, -0.05) is 13.8 Å². The van der Waals surface area contributed by atoms with Crippen molar-refractivity contribution in [3.8, 4) is 0 Å². The third kappa shape index (κ3) is 2.77. The molecule has 3 rings (SSSR count). The van der Waals surface area contributed by atoms with Crippen molar-refractivity contribution >= 4 is 27.4 Å². The van der Waals surface area contributed by atoms with E-state index in [0.29, 0.717) is 0 Å². The fourth-order valence-electron chi connectivity index (χ4n) is 3.20. The number of hydrogen-bond donors (Lipinski definition) is 2.